The largest absolute Gasteiger partial charge is 0.375 e. The zero-order valence-corrected chi connectivity index (χ0v) is 27.4. The summed E-state index contributed by atoms with van der Waals surface area (Å²) in [6.07, 6.45) is 0. The van der Waals surface area contributed by atoms with E-state index in [0.29, 0.717) is 22.2 Å². The second-order valence-corrected chi connectivity index (χ2v) is 12.6. The molecule has 0 spiro atoms. The molecule has 1 aliphatic heterocycles. The lowest BCUT2D eigenvalue weighted by Gasteiger charge is -2.06. The summed E-state index contributed by atoms with van der Waals surface area (Å²) in [5, 5.41) is 25.5. The molecular weight excluding hydrogens is 628 g/mol. The van der Waals surface area contributed by atoms with Crippen molar-refractivity contribution < 1.29 is 9.85 Å². The van der Waals surface area contributed by atoms with Crippen LogP contribution in [0.25, 0.3) is 77.9 Å². The highest BCUT2D eigenvalue weighted by atomic mass is 16.6. The molecule has 0 saturated heterocycles. The summed E-state index contributed by atoms with van der Waals surface area (Å²) >= 11 is 0. The quantitative estimate of drug-likeness (QED) is 0.124. The van der Waals surface area contributed by atoms with Crippen LogP contribution in [0, 0.1) is 41.0 Å². The maximum atomic E-state index is 12.8. The first-order chi connectivity index (χ1) is 24.2. The maximum Gasteiger partial charge on any atom is 0.375 e. The number of aromatic nitrogens is 4. The van der Waals surface area contributed by atoms with Crippen molar-refractivity contribution >= 4 is 44.5 Å². The Labute approximate surface area is 285 Å². The van der Waals surface area contributed by atoms with Crippen molar-refractivity contribution in [3.63, 3.8) is 0 Å². The molecule has 0 radical (unpaired) electrons. The van der Waals surface area contributed by atoms with E-state index >= 15 is 0 Å². The highest BCUT2D eigenvalue weighted by molar-refractivity contribution is 6.02. The van der Waals surface area contributed by atoms with E-state index in [1.807, 2.05) is 99.6 Å². The van der Waals surface area contributed by atoms with Gasteiger partial charge in [0, 0.05) is 44.3 Å². The van der Waals surface area contributed by atoms with Crippen LogP contribution in [0.4, 0.5) is 0 Å². The van der Waals surface area contributed by atoms with Gasteiger partial charge in [0.25, 0.3) is 0 Å². The van der Waals surface area contributed by atoms with Crippen LogP contribution in [0.2, 0.25) is 0 Å². The zero-order chi connectivity index (χ0) is 34.7. The lowest BCUT2D eigenvalue weighted by atomic mass is 10.0. The minimum atomic E-state index is -0.717. The summed E-state index contributed by atoms with van der Waals surface area (Å²) in [6, 6.07) is 35.2. The number of aromatic amines is 3. The summed E-state index contributed by atoms with van der Waals surface area (Å²) in [5.41, 5.74) is 10.1. The first kappa shape index (κ1) is 30.5. The molecule has 4 aromatic heterocycles. The van der Waals surface area contributed by atoms with Gasteiger partial charge in [-0.1, -0.05) is 89.5 Å². The third-order valence-electron chi connectivity index (χ3n) is 9.18. The number of nitrogens with zero attached hydrogens (tertiary/aromatic N) is 3. The van der Waals surface area contributed by atoms with Crippen LogP contribution < -0.4 is 0 Å². The molecule has 244 valence electrons. The van der Waals surface area contributed by atoms with E-state index in [0.717, 1.165) is 55.5 Å². The van der Waals surface area contributed by atoms with Gasteiger partial charge < -0.3 is 15.0 Å². The SMILES string of the molecule is Cc1ccc(-c2c3nc(c4ccc([nH]4)c(-c4ccc(C)cc4)c4ccc([nH]4)c(-c4ccc(C)cc4)c4ccc2[nH]4)C([N+](=O)[O-])=C3[N+](=O)[O-])cc1. The summed E-state index contributed by atoms with van der Waals surface area (Å²) in [5.74, 6) is 0. The van der Waals surface area contributed by atoms with E-state index in [4.69, 9.17) is 4.98 Å². The predicted molar refractivity (Wildman–Crippen MR) is 198 cm³/mol. The molecule has 0 amide bonds. The number of H-pyrrole nitrogens is 3. The van der Waals surface area contributed by atoms with Crippen LogP contribution in [-0.2, 0) is 0 Å². The highest BCUT2D eigenvalue weighted by Crippen LogP contribution is 2.41. The van der Waals surface area contributed by atoms with Crippen molar-refractivity contribution in [1.82, 2.24) is 19.9 Å². The summed E-state index contributed by atoms with van der Waals surface area (Å²) in [7, 11) is 0. The first-order valence-electron chi connectivity index (χ1n) is 16.1. The average Bonchev–Trinajstić information content (AvgIpc) is 3.92. The molecule has 7 aromatic rings. The van der Waals surface area contributed by atoms with Crippen molar-refractivity contribution in [2.75, 3.05) is 0 Å². The molecule has 1 aliphatic rings. The fourth-order valence-corrected chi connectivity index (χ4v) is 6.70. The second kappa shape index (κ2) is 11.7. The van der Waals surface area contributed by atoms with Crippen LogP contribution in [-0.4, -0.2) is 29.8 Å². The number of nitro groups is 2. The van der Waals surface area contributed by atoms with E-state index in [1.165, 1.54) is 0 Å². The maximum absolute atomic E-state index is 12.8. The monoisotopic (exact) mass is 658 g/mol. The molecule has 0 atom stereocenters. The van der Waals surface area contributed by atoms with Crippen LogP contribution >= 0.6 is 0 Å². The van der Waals surface area contributed by atoms with Gasteiger partial charge in [-0.2, -0.15) is 0 Å². The molecule has 0 fully saturated rings. The van der Waals surface area contributed by atoms with Gasteiger partial charge in [0.15, 0.2) is 11.4 Å². The first-order valence-corrected chi connectivity index (χ1v) is 16.1. The lowest BCUT2D eigenvalue weighted by Crippen LogP contribution is -2.05. The van der Waals surface area contributed by atoms with Gasteiger partial charge in [-0.15, -0.1) is 0 Å². The Hall–Kier alpha value is -6.81. The topological polar surface area (TPSA) is 147 Å². The Morgan fingerprint density at radius 1 is 0.420 bits per heavy atom. The average molecular weight is 659 g/mol. The van der Waals surface area contributed by atoms with Gasteiger partial charge in [-0.05, 0) is 73.9 Å². The lowest BCUT2D eigenvalue weighted by molar-refractivity contribution is -0.405. The molecule has 0 unspecified atom stereocenters. The van der Waals surface area contributed by atoms with E-state index < -0.39 is 21.2 Å². The molecule has 8 rings (SSSR count). The third-order valence-corrected chi connectivity index (χ3v) is 9.18. The van der Waals surface area contributed by atoms with Crippen LogP contribution in [0.3, 0.4) is 0 Å². The van der Waals surface area contributed by atoms with Crippen molar-refractivity contribution in [1.29, 1.82) is 0 Å². The van der Waals surface area contributed by atoms with Gasteiger partial charge in [0.05, 0.1) is 15.4 Å². The summed E-state index contributed by atoms with van der Waals surface area (Å²) < 4.78 is 0. The molecule has 5 heterocycles. The van der Waals surface area contributed by atoms with Gasteiger partial charge in [0.1, 0.15) is 0 Å². The molecule has 8 bridgehead atoms. The Balaban J connectivity index is 1.62. The van der Waals surface area contributed by atoms with Crippen LogP contribution in [0.5, 0.6) is 0 Å². The number of hydrogen-bond acceptors (Lipinski definition) is 5. The van der Waals surface area contributed by atoms with Crippen molar-refractivity contribution in [2.45, 2.75) is 20.8 Å². The fraction of sp³-hybridized carbons (Fsp3) is 0.0750. The van der Waals surface area contributed by atoms with Gasteiger partial charge in [0.2, 0.25) is 0 Å². The molecule has 3 N–H and O–H groups in total. The number of hydrogen-bond donors (Lipinski definition) is 3. The van der Waals surface area contributed by atoms with E-state index in [-0.39, 0.29) is 16.9 Å². The number of aryl methyl sites for hydroxylation is 3. The Bertz CT molecular complexity index is 2660. The summed E-state index contributed by atoms with van der Waals surface area (Å²) in [6.45, 7) is 6.00. The minimum Gasteiger partial charge on any atom is -0.354 e. The predicted octanol–water partition coefficient (Wildman–Crippen LogP) is 9.83. The normalized spacial score (nSPS) is 12.1. The smallest absolute Gasteiger partial charge is 0.354 e. The number of rotatable bonds is 5. The standard InChI is InChI=1S/C40H30N6O4/c1-22-4-10-25(11-5-22)34-28-16-17-29(41-28)35(26-12-6-23(2)7-13-26)31-20-21-33(43-31)37-39(45(47)48)40(46(49)50)38(44-37)36(32-19-18-30(34)42-32)27-14-8-24(3)9-15-27/h4-21,41-43H,1-3H3. The van der Waals surface area contributed by atoms with E-state index in [1.54, 1.807) is 6.07 Å². The van der Waals surface area contributed by atoms with Crippen LogP contribution in [0.15, 0.2) is 109 Å². The summed E-state index contributed by atoms with van der Waals surface area (Å²) in [4.78, 5) is 39.4. The minimum absolute atomic E-state index is 0.0961. The molecule has 50 heavy (non-hydrogen) atoms. The molecule has 3 aromatic carbocycles. The fourth-order valence-electron chi connectivity index (χ4n) is 6.70. The van der Waals surface area contributed by atoms with Gasteiger partial charge in [-0.25, -0.2) is 4.98 Å². The number of fused-ring (bicyclic) bond motifs is 9. The van der Waals surface area contributed by atoms with E-state index in [2.05, 4.69) is 39.2 Å². The van der Waals surface area contributed by atoms with Crippen molar-refractivity contribution in [2.24, 2.45) is 0 Å². The van der Waals surface area contributed by atoms with Crippen molar-refractivity contribution in [3.05, 3.63) is 158 Å². The van der Waals surface area contributed by atoms with Crippen LogP contribution in [0.1, 0.15) is 28.1 Å². The Morgan fingerprint density at radius 2 is 0.720 bits per heavy atom. The Kier molecular flexibility index (Phi) is 7.15. The highest BCUT2D eigenvalue weighted by Gasteiger charge is 2.42. The molecule has 0 saturated carbocycles. The molecule has 10 nitrogen and oxygen atoms in total. The third kappa shape index (κ3) is 5.10. The van der Waals surface area contributed by atoms with Crippen molar-refractivity contribution in [3.8, 4) is 33.4 Å². The molecule has 0 aliphatic carbocycles. The number of nitrogens with one attached hydrogen (secondary N) is 3. The van der Waals surface area contributed by atoms with Gasteiger partial charge >= 0.3 is 11.4 Å². The second-order valence-electron chi connectivity index (χ2n) is 12.6. The number of benzene rings is 3. The zero-order valence-electron chi connectivity index (χ0n) is 27.4. The van der Waals surface area contributed by atoms with Gasteiger partial charge in [-0.3, -0.25) is 20.2 Å². The Morgan fingerprint density at radius 3 is 1.10 bits per heavy atom. The van der Waals surface area contributed by atoms with E-state index in [9.17, 15) is 20.2 Å². The molecule has 10 heteroatoms. The molecular formula is C40H30N6O4.